The van der Waals surface area contributed by atoms with E-state index in [0.29, 0.717) is 19.4 Å². The average molecular weight is 515 g/mol. The number of hydrogen-bond acceptors (Lipinski definition) is 5. The number of hydrogen-bond donors (Lipinski definition) is 0. The van der Waals surface area contributed by atoms with Gasteiger partial charge in [0, 0.05) is 42.9 Å². The zero-order chi connectivity index (χ0) is 22.6. The summed E-state index contributed by atoms with van der Waals surface area (Å²) in [4.78, 5) is 6.76. The van der Waals surface area contributed by atoms with E-state index >= 15 is 0 Å². The Balaban J connectivity index is 1.46. The van der Waals surface area contributed by atoms with Gasteiger partial charge in [-0.1, -0.05) is 6.07 Å². The molecule has 0 radical (unpaired) electrons. The van der Waals surface area contributed by atoms with Crippen molar-refractivity contribution >= 4 is 26.8 Å². The molecule has 2 aromatic heterocycles. The molecule has 2 unspecified atom stereocenters. The SMILES string of the molecule is COc1cc(Br)ncc1C1c2ccc3c(cnn3C3CCCCO3)c2CCN1CC1(F)CC1. The Morgan fingerprint density at radius 1 is 1.24 bits per heavy atom. The molecular weight excluding hydrogens is 487 g/mol. The van der Waals surface area contributed by atoms with E-state index in [1.165, 1.54) is 11.1 Å². The summed E-state index contributed by atoms with van der Waals surface area (Å²) in [7, 11) is 1.67. The molecule has 0 N–H and O–H groups in total. The van der Waals surface area contributed by atoms with Crippen molar-refractivity contribution in [3.63, 3.8) is 0 Å². The van der Waals surface area contributed by atoms with Crippen LogP contribution in [0.4, 0.5) is 4.39 Å². The van der Waals surface area contributed by atoms with E-state index in [9.17, 15) is 4.39 Å². The van der Waals surface area contributed by atoms with Gasteiger partial charge in [-0.15, -0.1) is 0 Å². The summed E-state index contributed by atoms with van der Waals surface area (Å²) in [6.07, 6.45) is 9.26. The van der Waals surface area contributed by atoms with Crippen LogP contribution < -0.4 is 4.74 Å². The molecule has 1 aliphatic carbocycles. The molecule has 1 aromatic carbocycles. The molecule has 2 atom stereocenters. The maximum atomic E-state index is 14.9. The molecule has 2 fully saturated rings. The van der Waals surface area contributed by atoms with Crippen LogP contribution in [0, 0.1) is 0 Å². The summed E-state index contributed by atoms with van der Waals surface area (Å²) in [5, 5.41) is 5.90. The van der Waals surface area contributed by atoms with Crippen molar-refractivity contribution < 1.29 is 13.9 Å². The predicted molar refractivity (Wildman–Crippen MR) is 127 cm³/mol. The number of benzene rings is 1. The van der Waals surface area contributed by atoms with Crippen LogP contribution in [0.25, 0.3) is 10.9 Å². The maximum Gasteiger partial charge on any atom is 0.150 e. The van der Waals surface area contributed by atoms with E-state index in [2.05, 4.69) is 37.9 Å². The molecule has 0 spiro atoms. The van der Waals surface area contributed by atoms with Crippen molar-refractivity contribution in [3.8, 4) is 5.75 Å². The third-order valence-corrected chi connectivity index (χ3v) is 7.75. The molecule has 3 aromatic rings. The summed E-state index contributed by atoms with van der Waals surface area (Å²) in [5.74, 6) is 0.759. The van der Waals surface area contributed by atoms with Gasteiger partial charge in [-0.3, -0.25) is 4.90 Å². The third kappa shape index (κ3) is 3.86. The van der Waals surface area contributed by atoms with Crippen LogP contribution in [0.15, 0.2) is 35.2 Å². The summed E-state index contributed by atoms with van der Waals surface area (Å²) < 4.78 is 29.4. The number of pyridine rings is 1. The number of rotatable bonds is 5. The van der Waals surface area contributed by atoms with Gasteiger partial charge < -0.3 is 9.47 Å². The number of halogens is 2. The fraction of sp³-hybridized carbons (Fsp3) is 0.520. The Hall–Kier alpha value is -2.03. The normalized spacial score (nSPS) is 24.6. The molecule has 33 heavy (non-hydrogen) atoms. The van der Waals surface area contributed by atoms with E-state index in [4.69, 9.17) is 14.6 Å². The van der Waals surface area contributed by atoms with E-state index in [0.717, 1.165) is 65.7 Å². The van der Waals surface area contributed by atoms with Gasteiger partial charge in [-0.05, 0) is 71.6 Å². The van der Waals surface area contributed by atoms with E-state index in [1.807, 2.05) is 23.1 Å². The van der Waals surface area contributed by atoms with E-state index < -0.39 is 5.67 Å². The molecule has 2 aliphatic heterocycles. The van der Waals surface area contributed by atoms with Crippen LogP contribution in [0.2, 0.25) is 0 Å². The molecule has 6 nitrogen and oxygen atoms in total. The highest BCUT2D eigenvalue weighted by molar-refractivity contribution is 9.10. The molecule has 0 bridgehead atoms. The lowest BCUT2D eigenvalue weighted by atomic mass is 9.86. The molecule has 3 aliphatic rings. The van der Waals surface area contributed by atoms with Gasteiger partial charge in [0.15, 0.2) is 6.23 Å². The first-order valence-corrected chi connectivity index (χ1v) is 12.6. The Labute approximate surface area is 201 Å². The van der Waals surface area contributed by atoms with Crippen LogP contribution in [0.5, 0.6) is 5.75 Å². The molecule has 6 rings (SSSR count). The Morgan fingerprint density at radius 3 is 2.88 bits per heavy atom. The summed E-state index contributed by atoms with van der Waals surface area (Å²) >= 11 is 3.45. The van der Waals surface area contributed by atoms with E-state index in [-0.39, 0.29) is 12.3 Å². The second kappa shape index (κ2) is 8.32. The van der Waals surface area contributed by atoms with Gasteiger partial charge in [0.25, 0.3) is 0 Å². The van der Waals surface area contributed by atoms with Gasteiger partial charge in [0.05, 0.1) is 24.9 Å². The summed E-state index contributed by atoms with van der Waals surface area (Å²) in [5.41, 5.74) is 3.47. The summed E-state index contributed by atoms with van der Waals surface area (Å²) in [6, 6.07) is 6.11. The minimum atomic E-state index is -1.07. The maximum absolute atomic E-state index is 14.9. The van der Waals surface area contributed by atoms with Crippen molar-refractivity contribution in [1.29, 1.82) is 0 Å². The average Bonchev–Trinajstić information content (AvgIpc) is 3.39. The second-order valence-corrected chi connectivity index (χ2v) is 10.3. The van der Waals surface area contributed by atoms with Crippen molar-refractivity contribution in [3.05, 3.63) is 51.9 Å². The Kier molecular flexibility index (Phi) is 5.42. The Bertz CT molecular complexity index is 1190. The topological polar surface area (TPSA) is 52.4 Å². The lowest BCUT2D eigenvalue weighted by Gasteiger charge is -2.39. The fourth-order valence-electron chi connectivity index (χ4n) is 5.46. The highest BCUT2D eigenvalue weighted by Crippen LogP contribution is 2.47. The number of ether oxygens (including phenoxy) is 2. The van der Waals surface area contributed by atoms with Gasteiger partial charge in [0.1, 0.15) is 16.0 Å². The predicted octanol–water partition coefficient (Wildman–Crippen LogP) is 5.35. The number of nitrogens with zero attached hydrogens (tertiary/aromatic N) is 4. The van der Waals surface area contributed by atoms with Crippen LogP contribution in [0.1, 0.15) is 61.1 Å². The monoisotopic (exact) mass is 514 g/mol. The Morgan fingerprint density at radius 2 is 2.12 bits per heavy atom. The van der Waals surface area contributed by atoms with Gasteiger partial charge >= 0.3 is 0 Å². The third-order valence-electron chi connectivity index (χ3n) is 7.32. The van der Waals surface area contributed by atoms with Crippen molar-refractivity contribution in [2.75, 3.05) is 26.8 Å². The van der Waals surface area contributed by atoms with Crippen molar-refractivity contribution in [2.45, 2.75) is 56.5 Å². The lowest BCUT2D eigenvalue weighted by molar-refractivity contribution is -0.0366. The zero-order valence-corrected chi connectivity index (χ0v) is 20.4. The minimum Gasteiger partial charge on any atom is -0.496 e. The number of fused-ring (bicyclic) bond motifs is 3. The first-order chi connectivity index (χ1) is 16.1. The standard InChI is InChI=1S/C25H28BrFN4O2/c1-32-21-12-22(26)28-13-19(21)24-17-5-6-20-18(14-29-31(20)23-4-2-3-11-33-23)16(17)7-10-30(24)15-25(27)8-9-25/h5-6,12-14,23-24H,2-4,7-11,15H2,1H3. The molecule has 1 saturated carbocycles. The van der Waals surface area contributed by atoms with Gasteiger partial charge in [-0.2, -0.15) is 5.10 Å². The quantitative estimate of drug-likeness (QED) is 0.429. The van der Waals surface area contributed by atoms with Crippen LogP contribution in [0.3, 0.4) is 0 Å². The number of methoxy groups -OCH3 is 1. The molecule has 4 heterocycles. The van der Waals surface area contributed by atoms with Crippen molar-refractivity contribution in [2.24, 2.45) is 0 Å². The van der Waals surface area contributed by atoms with Crippen LogP contribution in [-0.2, 0) is 11.2 Å². The molecule has 0 amide bonds. The highest BCUT2D eigenvalue weighted by atomic mass is 79.9. The molecule has 174 valence electrons. The number of alkyl halides is 1. The van der Waals surface area contributed by atoms with E-state index in [1.54, 1.807) is 7.11 Å². The van der Waals surface area contributed by atoms with Crippen LogP contribution >= 0.6 is 15.9 Å². The largest absolute Gasteiger partial charge is 0.496 e. The molecular formula is C25H28BrFN4O2. The van der Waals surface area contributed by atoms with Gasteiger partial charge in [0.2, 0.25) is 0 Å². The van der Waals surface area contributed by atoms with Crippen LogP contribution in [-0.4, -0.2) is 52.1 Å². The smallest absolute Gasteiger partial charge is 0.150 e. The van der Waals surface area contributed by atoms with Crippen molar-refractivity contribution in [1.82, 2.24) is 19.7 Å². The first-order valence-electron chi connectivity index (χ1n) is 11.8. The van der Waals surface area contributed by atoms with Gasteiger partial charge in [-0.25, -0.2) is 14.1 Å². The zero-order valence-electron chi connectivity index (χ0n) is 18.8. The first kappa shape index (κ1) is 21.5. The summed E-state index contributed by atoms with van der Waals surface area (Å²) in [6.45, 7) is 2.01. The fourth-order valence-corrected chi connectivity index (χ4v) is 5.77. The second-order valence-electron chi connectivity index (χ2n) is 9.50. The number of aromatic nitrogens is 3. The highest BCUT2D eigenvalue weighted by Gasteiger charge is 2.47. The lowest BCUT2D eigenvalue weighted by Crippen LogP contribution is -2.40. The molecule has 8 heteroatoms. The molecule has 1 saturated heterocycles. The minimum absolute atomic E-state index is 0.00205.